The summed E-state index contributed by atoms with van der Waals surface area (Å²) in [5, 5.41) is 6.64. The molecule has 2 aromatic carbocycles. The molecule has 0 saturated carbocycles. The standard InChI is InChI=1S/C26H33N5O2.HI/c1-3-27-26(29-17-24-19-33-25(30-24)23-10-4-20(2)5-11-23)28-16-21-6-8-22(9-7-21)18-31-12-14-32-15-13-31;/h4-11,19H,3,12-18H2,1-2H3,(H2,27,28,29);1H. The molecule has 182 valence electrons. The molecule has 0 unspecified atom stereocenters. The van der Waals surface area contributed by atoms with Crippen molar-refractivity contribution in [2.75, 3.05) is 32.8 Å². The summed E-state index contributed by atoms with van der Waals surface area (Å²) in [7, 11) is 0. The number of hydrogen-bond acceptors (Lipinski definition) is 5. The second-order valence-electron chi connectivity index (χ2n) is 8.26. The van der Waals surface area contributed by atoms with Gasteiger partial charge >= 0.3 is 0 Å². The van der Waals surface area contributed by atoms with E-state index in [0.717, 1.165) is 56.6 Å². The predicted octanol–water partition coefficient (Wildman–Crippen LogP) is 4.36. The molecule has 2 heterocycles. The van der Waals surface area contributed by atoms with Crippen LogP contribution in [0.3, 0.4) is 0 Å². The third-order valence-electron chi connectivity index (χ3n) is 5.58. The van der Waals surface area contributed by atoms with Crippen LogP contribution in [-0.2, 0) is 24.4 Å². The van der Waals surface area contributed by atoms with Gasteiger partial charge in [0.1, 0.15) is 6.26 Å². The highest BCUT2D eigenvalue weighted by molar-refractivity contribution is 14.0. The first-order valence-corrected chi connectivity index (χ1v) is 11.6. The van der Waals surface area contributed by atoms with Crippen molar-refractivity contribution in [3.05, 3.63) is 77.2 Å². The maximum atomic E-state index is 5.66. The summed E-state index contributed by atoms with van der Waals surface area (Å²) < 4.78 is 11.1. The van der Waals surface area contributed by atoms with Crippen LogP contribution < -0.4 is 10.6 Å². The van der Waals surface area contributed by atoms with E-state index in [1.165, 1.54) is 16.7 Å². The fourth-order valence-electron chi connectivity index (χ4n) is 3.67. The number of oxazole rings is 1. The Bertz CT molecular complexity index is 1030. The molecule has 0 amide bonds. The Morgan fingerprint density at radius 3 is 2.41 bits per heavy atom. The molecular formula is C26H34IN5O2. The molecule has 0 radical (unpaired) electrons. The van der Waals surface area contributed by atoms with Crippen molar-refractivity contribution in [2.24, 2.45) is 4.99 Å². The Morgan fingerprint density at radius 1 is 1.00 bits per heavy atom. The molecule has 0 atom stereocenters. The van der Waals surface area contributed by atoms with Gasteiger partial charge in [-0.05, 0) is 37.1 Å². The number of nitrogens with one attached hydrogen (secondary N) is 2. The molecule has 1 saturated heterocycles. The van der Waals surface area contributed by atoms with E-state index in [1.54, 1.807) is 6.26 Å². The van der Waals surface area contributed by atoms with E-state index in [-0.39, 0.29) is 24.0 Å². The molecule has 1 aliphatic rings. The fraction of sp³-hybridized carbons (Fsp3) is 0.385. The highest BCUT2D eigenvalue weighted by atomic mass is 127. The van der Waals surface area contributed by atoms with Crippen molar-refractivity contribution in [1.29, 1.82) is 0 Å². The number of aryl methyl sites for hydroxylation is 1. The van der Waals surface area contributed by atoms with Gasteiger partial charge in [0.05, 0.1) is 32.0 Å². The Morgan fingerprint density at radius 2 is 1.71 bits per heavy atom. The lowest BCUT2D eigenvalue weighted by Crippen LogP contribution is -2.36. The molecular weight excluding hydrogens is 541 g/mol. The number of hydrogen-bond donors (Lipinski definition) is 2. The molecule has 2 N–H and O–H groups in total. The lowest BCUT2D eigenvalue weighted by molar-refractivity contribution is 0.0342. The van der Waals surface area contributed by atoms with Crippen molar-refractivity contribution in [3.8, 4) is 11.5 Å². The molecule has 1 aromatic heterocycles. The van der Waals surface area contributed by atoms with Gasteiger partial charge in [-0.3, -0.25) is 4.90 Å². The Kier molecular flexibility index (Phi) is 10.4. The van der Waals surface area contributed by atoms with Gasteiger partial charge in [-0.25, -0.2) is 9.98 Å². The molecule has 1 aliphatic heterocycles. The topological polar surface area (TPSA) is 74.9 Å². The van der Waals surface area contributed by atoms with Gasteiger partial charge in [-0.15, -0.1) is 24.0 Å². The maximum Gasteiger partial charge on any atom is 0.226 e. The monoisotopic (exact) mass is 575 g/mol. The number of guanidine groups is 1. The van der Waals surface area contributed by atoms with Gasteiger partial charge in [0.2, 0.25) is 5.89 Å². The average Bonchev–Trinajstić information content (AvgIpc) is 3.32. The Labute approximate surface area is 219 Å². The number of ether oxygens (including phenoxy) is 1. The summed E-state index contributed by atoms with van der Waals surface area (Å²) in [5.41, 5.74) is 5.53. The van der Waals surface area contributed by atoms with Crippen LogP contribution in [0.15, 0.2) is 64.2 Å². The molecule has 1 fully saturated rings. The number of morpholine rings is 1. The van der Waals surface area contributed by atoms with Crippen molar-refractivity contribution in [2.45, 2.75) is 33.5 Å². The third-order valence-corrected chi connectivity index (χ3v) is 5.58. The molecule has 3 aromatic rings. The van der Waals surface area contributed by atoms with E-state index in [4.69, 9.17) is 14.1 Å². The van der Waals surface area contributed by atoms with Gasteiger partial charge < -0.3 is 19.8 Å². The van der Waals surface area contributed by atoms with Crippen LogP contribution >= 0.6 is 24.0 Å². The SMILES string of the molecule is CCNC(=NCc1ccc(CN2CCOCC2)cc1)NCc1coc(-c2ccc(C)cc2)n1.I. The minimum absolute atomic E-state index is 0. The van der Waals surface area contributed by atoms with Crippen LogP contribution in [0.4, 0.5) is 0 Å². The number of rotatable bonds is 8. The van der Waals surface area contributed by atoms with E-state index < -0.39 is 0 Å². The zero-order valence-corrected chi connectivity index (χ0v) is 22.2. The second-order valence-corrected chi connectivity index (χ2v) is 8.26. The van der Waals surface area contributed by atoms with E-state index in [2.05, 4.69) is 70.8 Å². The average molecular weight is 575 g/mol. The van der Waals surface area contributed by atoms with Crippen molar-refractivity contribution in [1.82, 2.24) is 20.5 Å². The molecule has 0 aliphatic carbocycles. The minimum atomic E-state index is 0. The second kappa shape index (κ2) is 13.5. The molecule has 0 bridgehead atoms. The van der Waals surface area contributed by atoms with Crippen molar-refractivity contribution < 1.29 is 9.15 Å². The van der Waals surface area contributed by atoms with Crippen molar-refractivity contribution >= 4 is 29.9 Å². The molecule has 7 nitrogen and oxygen atoms in total. The number of benzene rings is 2. The summed E-state index contributed by atoms with van der Waals surface area (Å²) in [6, 6.07) is 16.9. The summed E-state index contributed by atoms with van der Waals surface area (Å²) in [6.45, 7) is 10.7. The van der Waals surface area contributed by atoms with Crippen LogP contribution in [0.1, 0.15) is 29.3 Å². The van der Waals surface area contributed by atoms with Crippen LogP contribution in [0.2, 0.25) is 0 Å². The zero-order valence-electron chi connectivity index (χ0n) is 19.9. The van der Waals surface area contributed by atoms with Gasteiger partial charge in [-0.2, -0.15) is 0 Å². The minimum Gasteiger partial charge on any atom is -0.444 e. The molecule has 0 spiro atoms. The zero-order chi connectivity index (χ0) is 22.9. The van der Waals surface area contributed by atoms with E-state index >= 15 is 0 Å². The normalized spacial score (nSPS) is 14.5. The van der Waals surface area contributed by atoms with Crippen LogP contribution in [-0.4, -0.2) is 48.7 Å². The fourth-order valence-corrected chi connectivity index (χ4v) is 3.67. The predicted molar refractivity (Wildman–Crippen MR) is 146 cm³/mol. The summed E-state index contributed by atoms with van der Waals surface area (Å²) >= 11 is 0. The van der Waals surface area contributed by atoms with Gasteiger partial charge in [0, 0.05) is 31.7 Å². The van der Waals surface area contributed by atoms with E-state index in [9.17, 15) is 0 Å². The van der Waals surface area contributed by atoms with E-state index in [1.807, 2.05) is 12.1 Å². The highest BCUT2D eigenvalue weighted by Crippen LogP contribution is 2.19. The number of nitrogens with zero attached hydrogens (tertiary/aromatic N) is 3. The van der Waals surface area contributed by atoms with Gasteiger partial charge in [0.15, 0.2) is 5.96 Å². The quantitative estimate of drug-likeness (QED) is 0.236. The smallest absolute Gasteiger partial charge is 0.226 e. The first kappa shape index (κ1) is 26.2. The first-order chi connectivity index (χ1) is 16.2. The number of aliphatic imine (C=N–C) groups is 1. The summed E-state index contributed by atoms with van der Waals surface area (Å²) in [4.78, 5) is 11.8. The lowest BCUT2D eigenvalue weighted by Gasteiger charge is -2.26. The summed E-state index contributed by atoms with van der Waals surface area (Å²) in [6.07, 6.45) is 1.69. The Hall–Kier alpha value is -2.43. The van der Waals surface area contributed by atoms with Crippen LogP contribution in [0, 0.1) is 6.92 Å². The van der Waals surface area contributed by atoms with Gasteiger partial charge in [0.25, 0.3) is 0 Å². The molecule has 34 heavy (non-hydrogen) atoms. The maximum absolute atomic E-state index is 5.66. The van der Waals surface area contributed by atoms with Crippen LogP contribution in [0.5, 0.6) is 0 Å². The van der Waals surface area contributed by atoms with E-state index in [0.29, 0.717) is 19.0 Å². The molecule has 8 heteroatoms. The van der Waals surface area contributed by atoms with Gasteiger partial charge in [-0.1, -0.05) is 42.0 Å². The number of aromatic nitrogens is 1. The summed E-state index contributed by atoms with van der Waals surface area (Å²) in [5.74, 6) is 1.39. The highest BCUT2D eigenvalue weighted by Gasteiger charge is 2.11. The first-order valence-electron chi connectivity index (χ1n) is 11.6. The third kappa shape index (κ3) is 7.82. The lowest BCUT2D eigenvalue weighted by atomic mass is 10.1. The molecule has 4 rings (SSSR count). The number of halogens is 1. The Balaban J connectivity index is 0.00000324. The van der Waals surface area contributed by atoms with Crippen LogP contribution in [0.25, 0.3) is 11.5 Å². The van der Waals surface area contributed by atoms with Crippen molar-refractivity contribution in [3.63, 3.8) is 0 Å². The largest absolute Gasteiger partial charge is 0.444 e.